The molecule has 1 heterocycles. The van der Waals surface area contributed by atoms with Crippen LogP contribution < -0.4 is 10.0 Å². The molecule has 0 radical (unpaired) electrons. The van der Waals surface area contributed by atoms with Crippen LogP contribution in [0.25, 0.3) is 0 Å². The van der Waals surface area contributed by atoms with E-state index in [1.54, 1.807) is 6.92 Å². The summed E-state index contributed by atoms with van der Waals surface area (Å²) in [5, 5.41) is 3.27. The molecule has 5 nitrogen and oxygen atoms in total. The molecule has 1 saturated carbocycles. The summed E-state index contributed by atoms with van der Waals surface area (Å²) >= 11 is 0. The van der Waals surface area contributed by atoms with Crippen molar-refractivity contribution in [3.63, 3.8) is 0 Å². The zero-order chi connectivity index (χ0) is 15.8. The number of hydrogen-bond donors (Lipinski definition) is 2. The van der Waals surface area contributed by atoms with Gasteiger partial charge in [-0.3, -0.25) is 0 Å². The van der Waals surface area contributed by atoms with Crippen LogP contribution in [0.4, 0.5) is 0 Å². The van der Waals surface area contributed by atoms with Gasteiger partial charge in [0.05, 0.1) is 0 Å². The molecule has 1 aliphatic rings. The van der Waals surface area contributed by atoms with Crippen molar-refractivity contribution in [2.45, 2.75) is 71.0 Å². The molecule has 1 aliphatic carbocycles. The fourth-order valence-electron chi connectivity index (χ4n) is 2.67. The Labute approximate surface area is 127 Å². The highest BCUT2D eigenvalue weighted by Crippen LogP contribution is 2.35. The van der Waals surface area contributed by atoms with Crippen molar-refractivity contribution >= 4 is 10.0 Å². The highest BCUT2D eigenvalue weighted by atomic mass is 32.2. The Balaban J connectivity index is 2.25. The highest BCUT2D eigenvalue weighted by Gasteiger charge is 2.40. The quantitative estimate of drug-likeness (QED) is 0.811. The maximum Gasteiger partial charge on any atom is 0.244 e. The Morgan fingerprint density at radius 1 is 1.29 bits per heavy atom. The van der Waals surface area contributed by atoms with E-state index >= 15 is 0 Å². The van der Waals surface area contributed by atoms with Crippen LogP contribution in [0, 0.1) is 19.8 Å². The standard InChI is InChI=1S/C15H26N2O3S/c1-6-12-7-14(12)17-21(18,19)15-11(5)20-10(4)13(15)8-16-9(2)3/h9,12,14,16-17H,6-8H2,1-5H3. The molecule has 0 aliphatic heterocycles. The van der Waals surface area contributed by atoms with Gasteiger partial charge in [-0.2, -0.15) is 0 Å². The average molecular weight is 314 g/mol. The van der Waals surface area contributed by atoms with E-state index in [-0.39, 0.29) is 12.1 Å². The number of aryl methyl sites for hydroxylation is 2. The summed E-state index contributed by atoms with van der Waals surface area (Å²) in [5.41, 5.74) is 0.738. The Kier molecular flexibility index (Phi) is 4.80. The molecule has 1 fully saturated rings. The molecule has 2 N–H and O–H groups in total. The maximum atomic E-state index is 12.6. The molecule has 0 amide bonds. The van der Waals surface area contributed by atoms with Crippen molar-refractivity contribution in [2.24, 2.45) is 5.92 Å². The molecule has 1 aromatic rings. The van der Waals surface area contributed by atoms with Crippen molar-refractivity contribution in [2.75, 3.05) is 0 Å². The topological polar surface area (TPSA) is 71.3 Å². The molecular weight excluding hydrogens is 288 g/mol. The van der Waals surface area contributed by atoms with Gasteiger partial charge in [0.15, 0.2) is 0 Å². The first-order valence-electron chi connectivity index (χ1n) is 7.60. The predicted octanol–water partition coefficient (Wildman–Crippen LogP) is 2.47. The minimum Gasteiger partial charge on any atom is -0.465 e. The lowest BCUT2D eigenvalue weighted by atomic mass is 10.2. The average Bonchev–Trinajstić information content (AvgIpc) is 3.02. The summed E-state index contributed by atoms with van der Waals surface area (Å²) in [6.07, 6.45) is 1.95. The molecule has 0 aromatic carbocycles. The van der Waals surface area contributed by atoms with Gasteiger partial charge in [0.1, 0.15) is 16.4 Å². The minimum absolute atomic E-state index is 0.0838. The number of sulfonamides is 1. The summed E-state index contributed by atoms with van der Waals surface area (Å²) in [5.74, 6) is 1.61. The van der Waals surface area contributed by atoms with Crippen molar-refractivity contribution in [3.05, 3.63) is 17.1 Å². The van der Waals surface area contributed by atoms with Gasteiger partial charge >= 0.3 is 0 Å². The van der Waals surface area contributed by atoms with Gasteiger partial charge in [0.25, 0.3) is 0 Å². The first kappa shape index (κ1) is 16.5. The monoisotopic (exact) mass is 314 g/mol. The maximum absolute atomic E-state index is 12.6. The molecule has 2 unspecified atom stereocenters. The molecule has 0 bridgehead atoms. The second kappa shape index (κ2) is 6.10. The minimum atomic E-state index is -3.51. The molecule has 21 heavy (non-hydrogen) atoms. The summed E-state index contributed by atoms with van der Waals surface area (Å²) in [7, 11) is -3.51. The Morgan fingerprint density at radius 3 is 2.48 bits per heavy atom. The molecule has 0 spiro atoms. The van der Waals surface area contributed by atoms with Crippen molar-refractivity contribution < 1.29 is 12.8 Å². The molecule has 120 valence electrons. The van der Waals surface area contributed by atoms with E-state index in [1.807, 2.05) is 20.8 Å². The summed E-state index contributed by atoms with van der Waals surface area (Å²) in [6.45, 7) is 10.2. The van der Waals surface area contributed by atoms with Crippen molar-refractivity contribution in [3.8, 4) is 0 Å². The first-order chi connectivity index (χ1) is 9.76. The first-order valence-corrected chi connectivity index (χ1v) is 9.09. The zero-order valence-electron chi connectivity index (χ0n) is 13.5. The van der Waals surface area contributed by atoms with Crippen LogP contribution in [0.2, 0.25) is 0 Å². The van der Waals surface area contributed by atoms with E-state index in [2.05, 4.69) is 17.0 Å². The number of nitrogens with one attached hydrogen (secondary N) is 2. The van der Waals surface area contributed by atoms with Crippen LogP contribution in [0.3, 0.4) is 0 Å². The lowest BCUT2D eigenvalue weighted by Gasteiger charge is -2.11. The summed E-state index contributed by atoms with van der Waals surface area (Å²) < 4.78 is 33.7. The van der Waals surface area contributed by atoms with E-state index in [0.717, 1.165) is 18.4 Å². The number of rotatable bonds is 7. The Hall–Kier alpha value is -0.850. The van der Waals surface area contributed by atoms with E-state index in [0.29, 0.717) is 28.9 Å². The van der Waals surface area contributed by atoms with Gasteiger partial charge in [-0.25, -0.2) is 13.1 Å². The normalized spacial score (nSPS) is 22.0. The molecule has 1 aromatic heterocycles. The van der Waals surface area contributed by atoms with Gasteiger partial charge in [0.2, 0.25) is 10.0 Å². The summed E-state index contributed by atoms with van der Waals surface area (Å²) in [4.78, 5) is 0.315. The van der Waals surface area contributed by atoms with Crippen molar-refractivity contribution in [1.82, 2.24) is 10.0 Å². The smallest absolute Gasteiger partial charge is 0.244 e. The second-order valence-corrected chi connectivity index (χ2v) is 7.84. The molecule has 2 atom stereocenters. The number of furan rings is 1. The van der Waals surface area contributed by atoms with E-state index in [1.165, 1.54) is 0 Å². The van der Waals surface area contributed by atoms with Gasteiger partial charge in [-0.05, 0) is 26.2 Å². The van der Waals surface area contributed by atoms with E-state index in [4.69, 9.17) is 4.42 Å². The van der Waals surface area contributed by atoms with Crippen molar-refractivity contribution in [1.29, 1.82) is 0 Å². The Morgan fingerprint density at radius 2 is 1.95 bits per heavy atom. The Bertz CT molecular complexity index is 605. The van der Waals surface area contributed by atoms with Crippen LogP contribution in [0.1, 0.15) is 50.7 Å². The molecule has 6 heteroatoms. The highest BCUT2D eigenvalue weighted by molar-refractivity contribution is 7.89. The SMILES string of the molecule is CCC1CC1NS(=O)(=O)c1c(C)oc(C)c1CNC(C)C. The largest absolute Gasteiger partial charge is 0.465 e. The fraction of sp³-hybridized carbons (Fsp3) is 0.733. The second-order valence-electron chi connectivity index (χ2n) is 6.19. The lowest BCUT2D eigenvalue weighted by Crippen LogP contribution is -2.29. The van der Waals surface area contributed by atoms with Gasteiger partial charge in [-0.15, -0.1) is 0 Å². The van der Waals surface area contributed by atoms with Gasteiger partial charge in [0, 0.05) is 24.2 Å². The van der Waals surface area contributed by atoms with Crippen LogP contribution in [-0.2, 0) is 16.6 Å². The van der Waals surface area contributed by atoms with Gasteiger partial charge in [-0.1, -0.05) is 27.2 Å². The lowest BCUT2D eigenvalue weighted by molar-refractivity contribution is 0.491. The van der Waals surface area contributed by atoms with Crippen LogP contribution in [0.15, 0.2) is 9.31 Å². The predicted molar refractivity (Wildman–Crippen MR) is 82.7 cm³/mol. The van der Waals surface area contributed by atoms with Gasteiger partial charge < -0.3 is 9.73 Å². The summed E-state index contributed by atoms with van der Waals surface area (Å²) in [6, 6.07) is 0.372. The van der Waals surface area contributed by atoms with E-state index < -0.39 is 10.0 Å². The van der Waals surface area contributed by atoms with E-state index in [9.17, 15) is 8.42 Å². The molecule has 2 rings (SSSR count). The van der Waals surface area contributed by atoms with Crippen LogP contribution >= 0.6 is 0 Å². The third-order valence-corrected chi connectivity index (χ3v) is 5.72. The molecular formula is C15H26N2O3S. The zero-order valence-corrected chi connectivity index (χ0v) is 14.3. The third-order valence-electron chi connectivity index (χ3n) is 4.03. The fourth-order valence-corrected chi connectivity index (χ4v) is 4.44. The van der Waals surface area contributed by atoms with Crippen LogP contribution in [-0.4, -0.2) is 20.5 Å². The third kappa shape index (κ3) is 3.67. The number of hydrogen-bond acceptors (Lipinski definition) is 4. The van der Waals surface area contributed by atoms with Crippen LogP contribution in [0.5, 0.6) is 0 Å². The molecule has 0 saturated heterocycles.